The van der Waals surface area contributed by atoms with Crippen LogP contribution >= 0.6 is 0 Å². The Kier molecular flexibility index (Phi) is 5.64. The Morgan fingerprint density at radius 1 is 0.912 bits per heavy atom. The van der Waals surface area contributed by atoms with E-state index in [1.807, 2.05) is 99.6 Å². The van der Waals surface area contributed by atoms with Crippen LogP contribution in [-0.2, 0) is 0 Å². The summed E-state index contributed by atoms with van der Waals surface area (Å²) in [5.74, 6) is 0.920. The van der Waals surface area contributed by atoms with E-state index in [4.69, 9.17) is 9.51 Å². The smallest absolute Gasteiger partial charge is 0.260 e. The van der Waals surface area contributed by atoms with E-state index < -0.39 is 0 Å². The lowest BCUT2D eigenvalue weighted by Gasteiger charge is -2.14. The number of para-hydroxylation sites is 2. The van der Waals surface area contributed by atoms with Gasteiger partial charge in [-0.25, -0.2) is 4.98 Å². The summed E-state index contributed by atoms with van der Waals surface area (Å²) in [4.78, 5) is 23.0. The molecule has 2 heterocycles. The molecule has 0 fully saturated rings. The molecular formula is C28H24N4O2. The van der Waals surface area contributed by atoms with Crippen LogP contribution in [0, 0.1) is 6.92 Å². The van der Waals surface area contributed by atoms with Crippen LogP contribution < -0.4 is 5.32 Å². The Bertz CT molecular complexity index is 1490. The van der Waals surface area contributed by atoms with Crippen LogP contribution in [0.4, 0.5) is 5.69 Å². The number of carbonyl (C=O) groups excluding carboxylic acids is 1. The first kappa shape index (κ1) is 21.5. The number of anilines is 1. The van der Waals surface area contributed by atoms with Gasteiger partial charge in [0.25, 0.3) is 11.8 Å². The number of amides is 1. The molecule has 0 unspecified atom stereocenters. The van der Waals surface area contributed by atoms with Crippen LogP contribution in [0.5, 0.6) is 0 Å². The Morgan fingerprint density at radius 2 is 1.68 bits per heavy atom. The zero-order valence-electron chi connectivity index (χ0n) is 19.2. The number of pyridine rings is 1. The number of aryl methyl sites for hydroxylation is 1. The molecule has 168 valence electrons. The lowest BCUT2D eigenvalue weighted by Crippen LogP contribution is -2.15. The van der Waals surface area contributed by atoms with Gasteiger partial charge >= 0.3 is 0 Å². The van der Waals surface area contributed by atoms with Gasteiger partial charge in [0.2, 0.25) is 0 Å². The minimum Gasteiger partial charge on any atom is -0.334 e. The van der Waals surface area contributed by atoms with E-state index in [9.17, 15) is 4.79 Å². The second-order valence-electron chi connectivity index (χ2n) is 8.50. The van der Waals surface area contributed by atoms with Crippen molar-refractivity contribution in [3.63, 3.8) is 0 Å². The quantitative estimate of drug-likeness (QED) is 0.326. The van der Waals surface area contributed by atoms with Crippen molar-refractivity contribution >= 4 is 22.5 Å². The van der Waals surface area contributed by atoms with Crippen molar-refractivity contribution in [2.24, 2.45) is 0 Å². The highest BCUT2D eigenvalue weighted by Gasteiger charge is 2.20. The number of nitrogens with zero attached hydrogens (tertiary/aromatic N) is 3. The summed E-state index contributed by atoms with van der Waals surface area (Å²) in [6.45, 7) is 5.96. The SMILES string of the molecule is Cc1cccc(-c2nc(C(C)C)no2)c1NC(=O)c1cc(-c2ccccc2)nc2ccccc12. The van der Waals surface area contributed by atoms with E-state index in [2.05, 4.69) is 15.5 Å². The molecule has 0 aliphatic rings. The van der Waals surface area contributed by atoms with Gasteiger partial charge in [0.1, 0.15) is 0 Å². The minimum atomic E-state index is -0.227. The van der Waals surface area contributed by atoms with Gasteiger partial charge in [-0.2, -0.15) is 4.98 Å². The molecule has 0 aliphatic carbocycles. The first-order valence-electron chi connectivity index (χ1n) is 11.2. The molecule has 5 rings (SSSR count). The number of hydrogen-bond donors (Lipinski definition) is 1. The molecule has 34 heavy (non-hydrogen) atoms. The largest absolute Gasteiger partial charge is 0.334 e. The third kappa shape index (κ3) is 4.06. The summed E-state index contributed by atoms with van der Waals surface area (Å²) >= 11 is 0. The van der Waals surface area contributed by atoms with Gasteiger partial charge in [0.05, 0.1) is 28.0 Å². The second-order valence-corrected chi connectivity index (χ2v) is 8.50. The first-order valence-corrected chi connectivity index (χ1v) is 11.2. The summed E-state index contributed by atoms with van der Waals surface area (Å²) in [5, 5.41) is 7.97. The lowest BCUT2D eigenvalue weighted by molar-refractivity contribution is 0.102. The highest BCUT2D eigenvalue weighted by atomic mass is 16.5. The van der Waals surface area contributed by atoms with Crippen LogP contribution in [0.15, 0.2) is 83.4 Å². The lowest BCUT2D eigenvalue weighted by atomic mass is 10.0. The van der Waals surface area contributed by atoms with E-state index in [0.717, 1.165) is 27.7 Å². The molecule has 0 saturated heterocycles. The van der Waals surface area contributed by atoms with Gasteiger partial charge in [-0.05, 0) is 30.7 Å². The summed E-state index contributed by atoms with van der Waals surface area (Å²) in [7, 11) is 0. The maximum absolute atomic E-state index is 13.7. The fourth-order valence-corrected chi connectivity index (χ4v) is 3.89. The first-order chi connectivity index (χ1) is 16.5. The summed E-state index contributed by atoms with van der Waals surface area (Å²) in [6, 6.07) is 25.1. The summed E-state index contributed by atoms with van der Waals surface area (Å²) < 4.78 is 5.52. The van der Waals surface area contributed by atoms with Gasteiger partial charge in [-0.15, -0.1) is 0 Å². The zero-order chi connectivity index (χ0) is 23.7. The average Bonchev–Trinajstić information content (AvgIpc) is 3.36. The molecule has 5 aromatic rings. The van der Waals surface area contributed by atoms with Gasteiger partial charge in [0.15, 0.2) is 5.82 Å². The van der Waals surface area contributed by atoms with Crippen LogP contribution in [0.2, 0.25) is 0 Å². The van der Waals surface area contributed by atoms with E-state index >= 15 is 0 Å². The van der Waals surface area contributed by atoms with Crippen molar-refractivity contribution in [2.75, 3.05) is 5.32 Å². The van der Waals surface area contributed by atoms with Crippen molar-refractivity contribution in [1.29, 1.82) is 0 Å². The van der Waals surface area contributed by atoms with Crippen LogP contribution in [0.3, 0.4) is 0 Å². The van der Waals surface area contributed by atoms with E-state index in [1.54, 1.807) is 0 Å². The van der Waals surface area contributed by atoms with E-state index in [0.29, 0.717) is 28.5 Å². The molecule has 6 heteroatoms. The standard InChI is InChI=1S/C28H24N4O2/c1-17(2)26-31-28(34-32-26)21-14-9-10-18(3)25(21)30-27(33)22-16-24(19-11-5-4-6-12-19)29-23-15-8-7-13-20(22)23/h4-17H,1-3H3,(H,30,33). The van der Waals surface area contributed by atoms with Crippen LogP contribution in [0.25, 0.3) is 33.6 Å². The third-order valence-corrected chi connectivity index (χ3v) is 5.73. The zero-order valence-corrected chi connectivity index (χ0v) is 19.2. The summed E-state index contributed by atoms with van der Waals surface area (Å²) in [6.07, 6.45) is 0. The van der Waals surface area contributed by atoms with Crippen molar-refractivity contribution in [3.05, 3.63) is 95.8 Å². The molecule has 1 N–H and O–H groups in total. The molecule has 3 aromatic carbocycles. The molecule has 6 nitrogen and oxygen atoms in total. The van der Waals surface area contributed by atoms with E-state index in [1.165, 1.54) is 0 Å². The predicted octanol–water partition coefficient (Wildman–Crippen LogP) is 6.64. The van der Waals surface area contributed by atoms with E-state index in [-0.39, 0.29) is 11.8 Å². The molecule has 0 radical (unpaired) electrons. The third-order valence-electron chi connectivity index (χ3n) is 5.73. The Morgan fingerprint density at radius 3 is 2.44 bits per heavy atom. The Labute approximate surface area is 197 Å². The molecule has 0 bridgehead atoms. The molecule has 2 aromatic heterocycles. The van der Waals surface area contributed by atoms with Crippen molar-refractivity contribution in [3.8, 4) is 22.7 Å². The summed E-state index contributed by atoms with van der Waals surface area (Å²) in [5.41, 5.74) is 5.24. The number of fused-ring (bicyclic) bond motifs is 1. The maximum atomic E-state index is 13.7. The molecule has 0 atom stereocenters. The van der Waals surface area contributed by atoms with Crippen molar-refractivity contribution < 1.29 is 9.32 Å². The topological polar surface area (TPSA) is 80.9 Å². The molecular weight excluding hydrogens is 424 g/mol. The molecule has 0 aliphatic heterocycles. The maximum Gasteiger partial charge on any atom is 0.260 e. The molecule has 0 saturated carbocycles. The Hall–Kier alpha value is -4.32. The van der Waals surface area contributed by atoms with Crippen molar-refractivity contribution in [2.45, 2.75) is 26.7 Å². The average molecular weight is 449 g/mol. The fraction of sp³-hybridized carbons (Fsp3) is 0.143. The highest BCUT2D eigenvalue weighted by Crippen LogP contribution is 2.32. The van der Waals surface area contributed by atoms with Crippen LogP contribution in [0.1, 0.15) is 41.5 Å². The Balaban J connectivity index is 1.59. The molecule has 1 amide bonds. The fourth-order valence-electron chi connectivity index (χ4n) is 3.89. The van der Waals surface area contributed by atoms with Gasteiger partial charge < -0.3 is 9.84 Å². The van der Waals surface area contributed by atoms with Crippen molar-refractivity contribution in [1.82, 2.24) is 15.1 Å². The normalized spacial score (nSPS) is 11.2. The number of nitrogens with one attached hydrogen (secondary N) is 1. The van der Waals surface area contributed by atoms with Gasteiger partial charge in [0, 0.05) is 16.9 Å². The number of carbonyl (C=O) groups is 1. The van der Waals surface area contributed by atoms with Gasteiger partial charge in [-0.3, -0.25) is 4.79 Å². The second kappa shape index (κ2) is 8.90. The van der Waals surface area contributed by atoms with Gasteiger partial charge in [-0.1, -0.05) is 79.7 Å². The predicted molar refractivity (Wildman–Crippen MR) is 134 cm³/mol. The van der Waals surface area contributed by atoms with Crippen LogP contribution in [-0.4, -0.2) is 21.0 Å². The highest BCUT2D eigenvalue weighted by molar-refractivity contribution is 6.14. The molecule has 0 spiro atoms. The number of benzene rings is 3. The number of rotatable bonds is 5. The number of aromatic nitrogens is 3. The monoisotopic (exact) mass is 448 g/mol. The number of hydrogen-bond acceptors (Lipinski definition) is 5. The minimum absolute atomic E-state index is 0.139.